The molecule has 0 bridgehead atoms. The normalized spacial score (nSPS) is 35.2. The Morgan fingerprint density at radius 2 is 1.86 bits per heavy atom. The molecule has 2 aliphatic rings. The minimum absolute atomic E-state index is 0.00292. The average molecular weight is 295 g/mol. The summed E-state index contributed by atoms with van der Waals surface area (Å²) >= 11 is 0. The first-order valence-corrected chi connectivity index (χ1v) is 8.99. The molecule has 1 heterocycles. The first-order chi connectivity index (χ1) is 10.1. The minimum atomic E-state index is 0.00292. The van der Waals surface area contributed by atoms with Gasteiger partial charge in [-0.15, -0.1) is 0 Å². The maximum absolute atomic E-state index is 12.2. The Balaban J connectivity index is 2.17. The molecule has 1 saturated heterocycles. The molecule has 0 radical (unpaired) electrons. The zero-order valence-corrected chi connectivity index (χ0v) is 14.2. The molecule has 3 unspecified atom stereocenters. The van der Waals surface area contributed by atoms with E-state index in [1.807, 2.05) is 6.92 Å². The number of esters is 1. The van der Waals surface area contributed by atoms with E-state index in [1.165, 1.54) is 38.5 Å². The molecule has 122 valence electrons. The van der Waals surface area contributed by atoms with Crippen LogP contribution in [0.1, 0.15) is 72.1 Å². The van der Waals surface area contributed by atoms with E-state index in [2.05, 4.69) is 18.7 Å². The van der Waals surface area contributed by atoms with Gasteiger partial charge < -0.3 is 4.74 Å². The summed E-state index contributed by atoms with van der Waals surface area (Å²) in [5.74, 6) is 1.38. The maximum Gasteiger partial charge on any atom is 0.307 e. The van der Waals surface area contributed by atoms with Crippen LogP contribution in [0.15, 0.2) is 0 Å². The van der Waals surface area contributed by atoms with Gasteiger partial charge in [0.15, 0.2) is 0 Å². The number of rotatable bonds is 4. The van der Waals surface area contributed by atoms with Crippen molar-refractivity contribution in [3.05, 3.63) is 0 Å². The molecule has 2 fully saturated rings. The number of hydrogen-bond donors (Lipinski definition) is 0. The van der Waals surface area contributed by atoms with E-state index in [9.17, 15) is 4.79 Å². The second-order valence-corrected chi connectivity index (χ2v) is 7.27. The fourth-order valence-corrected chi connectivity index (χ4v) is 4.51. The van der Waals surface area contributed by atoms with Crippen LogP contribution in [-0.2, 0) is 9.53 Å². The van der Waals surface area contributed by atoms with Gasteiger partial charge in [-0.1, -0.05) is 26.7 Å². The van der Waals surface area contributed by atoms with Crippen molar-refractivity contribution in [2.75, 3.05) is 19.7 Å². The molecule has 1 aliphatic heterocycles. The van der Waals surface area contributed by atoms with Crippen molar-refractivity contribution in [2.45, 2.75) is 77.7 Å². The maximum atomic E-state index is 12.2. The summed E-state index contributed by atoms with van der Waals surface area (Å²) in [6, 6.07) is 0. The Labute approximate surface area is 130 Å². The highest BCUT2D eigenvalue weighted by Gasteiger charge is 2.46. The van der Waals surface area contributed by atoms with Crippen molar-refractivity contribution in [1.82, 2.24) is 4.90 Å². The highest BCUT2D eigenvalue weighted by atomic mass is 16.5. The van der Waals surface area contributed by atoms with Crippen molar-refractivity contribution < 1.29 is 9.53 Å². The van der Waals surface area contributed by atoms with Gasteiger partial charge in [-0.3, -0.25) is 9.69 Å². The van der Waals surface area contributed by atoms with Crippen LogP contribution in [-0.4, -0.2) is 36.1 Å². The van der Waals surface area contributed by atoms with Crippen LogP contribution in [0.3, 0.4) is 0 Å². The Kier molecular flexibility index (Phi) is 6.09. The molecule has 21 heavy (non-hydrogen) atoms. The third-order valence-corrected chi connectivity index (χ3v) is 5.73. The summed E-state index contributed by atoms with van der Waals surface area (Å²) in [5, 5.41) is 0. The van der Waals surface area contributed by atoms with Crippen LogP contribution in [0.2, 0.25) is 0 Å². The van der Waals surface area contributed by atoms with Gasteiger partial charge in [-0.2, -0.15) is 0 Å². The molecule has 0 aromatic heterocycles. The summed E-state index contributed by atoms with van der Waals surface area (Å²) in [7, 11) is 0. The zero-order valence-electron chi connectivity index (χ0n) is 14.2. The lowest BCUT2D eigenvalue weighted by Crippen LogP contribution is -2.57. The predicted octanol–water partition coefficient (Wildman–Crippen LogP) is 4.01. The van der Waals surface area contributed by atoms with Crippen LogP contribution >= 0.6 is 0 Å². The van der Waals surface area contributed by atoms with Crippen molar-refractivity contribution in [3.8, 4) is 0 Å². The number of ether oxygens (including phenoxy) is 1. The number of carbonyl (C=O) groups is 1. The number of hydrogen-bond acceptors (Lipinski definition) is 3. The van der Waals surface area contributed by atoms with Gasteiger partial charge in [0.05, 0.1) is 13.0 Å². The van der Waals surface area contributed by atoms with Gasteiger partial charge in [0.2, 0.25) is 0 Å². The van der Waals surface area contributed by atoms with Crippen LogP contribution < -0.4 is 0 Å². The number of carbonyl (C=O) groups excluding carboxylic acids is 1. The number of likely N-dealkylation sites (tertiary alicyclic amines) is 1. The molecular weight excluding hydrogens is 262 g/mol. The molecular formula is C18H33NO2. The molecule has 0 N–H and O–H groups in total. The van der Waals surface area contributed by atoms with Crippen molar-refractivity contribution in [2.24, 2.45) is 11.8 Å². The van der Waals surface area contributed by atoms with E-state index in [4.69, 9.17) is 4.74 Å². The highest BCUT2D eigenvalue weighted by Crippen LogP contribution is 2.44. The smallest absolute Gasteiger partial charge is 0.307 e. The molecule has 0 aromatic rings. The third-order valence-electron chi connectivity index (χ3n) is 5.73. The summed E-state index contributed by atoms with van der Waals surface area (Å²) in [5.41, 5.74) is 0.0586. The zero-order chi connectivity index (χ0) is 15.3. The fraction of sp³-hybridized carbons (Fsp3) is 0.944. The molecule has 0 spiro atoms. The van der Waals surface area contributed by atoms with E-state index in [0.717, 1.165) is 25.4 Å². The first-order valence-electron chi connectivity index (χ1n) is 8.99. The monoisotopic (exact) mass is 295 g/mol. The van der Waals surface area contributed by atoms with Gasteiger partial charge in [0.1, 0.15) is 0 Å². The summed E-state index contributed by atoms with van der Waals surface area (Å²) < 4.78 is 5.30. The van der Waals surface area contributed by atoms with Crippen molar-refractivity contribution in [3.63, 3.8) is 0 Å². The third kappa shape index (κ3) is 4.00. The summed E-state index contributed by atoms with van der Waals surface area (Å²) in [4.78, 5) is 14.9. The first kappa shape index (κ1) is 16.8. The largest absolute Gasteiger partial charge is 0.466 e. The second-order valence-electron chi connectivity index (χ2n) is 7.27. The van der Waals surface area contributed by atoms with Crippen LogP contribution in [0.25, 0.3) is 0 Å². The van der Waals surface area contributed by atoms with E-state index in [0.29, 0.717) is 18.9 Å². The van der Waals surface area contributed by atoms with Gasteiger partial charge in [-0.05, 0) is 64.0 Å². The van der Waals surface area contributed by atoms with E-state index in [1.54, 1.807) is 0 Å². The van der Waals surface area contributed by atoms with Crippen LogP contribution in [0.5, 0.6) is 0 Å². The van der Waals surface area contributed by atoms with Crippen molar-refractivity contribution >= 4 is 5.97 Å². The molecule has 3 atom stereocenters. The Bertz CT molecular complexity index is 336. The Hall–Kier alpha value is -0.570. The van der Waals surface area contributed by atoms with Gasteiger partial charge in [-0.25, -0.2) is 0 Å². The van der Waals surface area contributed by atoms with Gasteiger partial charge in [0.25, 0.3) is 0 Å². The minimum Gasteiger partial charge on any atom is -0.466 e. The molecule has 0 amide bonds. The average Bonchev–Trinajstić information content (AvgIpc) is 2.72. The SMILES string of the molecule is CCOC(=O)CC1(N2CCCCCC2)CCC(C)CC1C. The van der Waals surface area contributed by atoms with Gasteiger partial charge >= 0.3 is 5.97 Å². The molecule has 1 aliphatic carbocycles. The lowest BCUT2D eigenvalue weighted by atomic mass is 9.67. The summed E-state index contributed by atoms with van der Waals surface area (Å²) in [6.45, 7) is 9.45. The van der Waals surface area contributed by atoms with Gasteiger partial charge in [0, 0.05) is 5.54 Å². The van der Waals surface area contributed by atoms with E-state index >= 15 is 0 Å². The van der Waals surface area contributed by atoms with Crippen LogP contribution in [0, 0.1) is 11.8 Å². The Morgan fingerprint density at radius 1 is 1.19 bits per heavy atom. The number of nitrogens with zero attached hydrogens (tertiary/aromatic N) is 1. The van der Waals surface area contributed by atoms with Crippen LogP contribution in [0.4, 0.5) is 0 Å². The fourth-order valence-electron chi connectivity index (χ4n) is 4.51. The molecule has 2 rings (SSSR count). The van der Waals surface area contributed by atoms with E-state index in [-0.39, 0.29) is 11.5 Å². The molecule has 3 heteroatoms. The molecule has 3 nitrogen and oxygen atoms in total. The Morgan fingerprint density at radius 3 is 2.43 bits per heavy atom. The second kappa shape index (κ2) is 7.62. The lowest BCUT2D eigenvalue weighted by Gasteiger charge is -2.51. The molecule has 1 saturated carbocycles. The molecule has 0 aromatic carbocycles. The summed E-state index contributed by atoms with van der Waals surface area (Å²) in [6.07, 6.45) is 9.51. The van der Waals surface area contributed by atoms with Crippen molar-refractivity contribution in [1.29, 1.82) is 0 Å². The predicted molar refractivity (Wildman–Crippen MR) is 86.2 cm³/mol. The standard InChI is InChI=1S/C18H33NO2/c1-4-21-17(20)14-18(10-9-15(2)13-16(18)3)19-11-7-5-6-8-12-19/h15-16H,4-14H2,1-3H3. The quantitative estimate of drug-likeness (QED) is 0.734. The highest BCUT2D eigenvalue weighted by molar-refractivity contribution is 5.71. The topological polar surface area (TPSA) is 29.5 Å². The van der Waals surface area contributed by atoms with E-state index < -0.39 is 0 Å². The lowest BCUT2D eigenvalue weighted by molar-refractivity contribution is -0.149.